The summed E-state index contributed by atoms with van der Waals surface area (Å²) in [6, 6.07) is 6.35. The van der Waals surface area contributed by atoms with Crippen LogP contribution in [0, 0.1) is 5.92 Å². The Labute approximate surface area is 185 Å². The van der Waals surface area contributed by atoms with Gasteiger partial charge in [-0.15, -0.1) is 13.2 Å². The molecule has 0 bridgehead atoms. The van der Waals surface area contributed by atoms with Crippen molar-refractivity contribution in [2.24, 2.45) is 5.92 Å². The number of benzene rings is 1. The number of halogens is 3. The lowest BCUT2D eigenvalue weighted by Crippen LogP contribution is -2.44. The molecule has 2 atom stereocenters. The Kier molecular flexibility index (Phi) is 7.45. The summed E-state index contributed by atoms with van der Waals surface area (Å²) < 4.78 is 48.8. The van der Waals surface area contributed by atoms with E-state index in [0.717, 1.165) is 38.2 Å². The average molecular weight is 459 g/mol. The van der Waals surface area contributed by atoms with E-state index < -0.39 is 14.7 Å². The largest absolute Gasteiger partial charge is 0.573 e. The molecular weight excluding hydrogens is 421 g/mol. The first-order valence-corrected chi connectivity index (χ1v) is 14.2. The molecule has 2 aliphatic rings. The quantitative estimate of drug-likeness (QED) is 0.480. The molecule has 1 saturated carbocycles. The summed E-state index contributed by atoms with van der Waals surface area (Å²) in [5, 5.41) is 3.77. The van der Waals surface area contributed by atoms with Gasteiger partial charge < -0.3 is 14.5 Å². The highest BCUT2D eigenvalue weighted by Crippen LogP contribution is 2.38. The van der Waals surface area contributed by atoms with Gasteiger partial charge in [0.15, 0.2) is 8.32 Å². The van der Waals surface area contributed by atoms with Crippen LogP contribution in [-0.4, -0.2) is 51.9 Å². The van der Waals surface area contributed by atoms with Gasteiger partial charge in [-0.1, -0.05) is 32.9 Å². The Morgan fingerprint density at radius 3 is 2.48 bits per heavy atom. The van der Waals surface area contributed by atoms with E-state index in [9.17, 15) is 13.2 Å². The molecular formula is C23H37F3N2O2Si. The first kappa shape index (κ1) is 24.5. The lowest BCUT2D eigenvalue weighted by molar-refractivity contribution is -0.274. The maximum Gasteiger partial charge on any atom is 0.573 e. The summed E-state index contributed by atoms with van der Waals surface area (Å²) in [4.78, 5) is 2.37. The van der Waals surface area contributed by atoms with E-state index in [-0.39, 0.29) is 22.9 Å². The molecule has 0 amide bonds. The van der Waals surface area contributed by atoms with Crippen LogP contribution in [0.15, 0.2) is 24.3 Å². The monoisotopic (exact) mass is 458 g/mol. The van der Waals surface area contributed by atoms with E-state index >= 15 is 0 Å². The van der Waals surface area contributed by atoms with Gasteiger partial charge in [0.25, 0.3) is 0 Å². The zero-order valence-corrected chi connectivity index (χ0v) is 20.4. The maximum atomic E-state index is 12.7. The first-order valence-electron chi connectivity index (χ1n) is 11.3. The zero-order valence-electron chi connectivity index (χ0n) is 19.4. The smallest absolute Gasteiger partial charge is 0.413 e. The molecule has 1 N–H and O–H groups in total. The van der Waals surface area contributed by atoms with Gasteiger partial charge in [-0.25, -0.2) is 0 Å². The summed E-state index contributed by atoms with van der Waals surface area (Å²) in [6.07, 6.45) is -1.01. The Hall–Kier alpha value is -1.09. The fourth-order valence-electron chi connectivity index (χ4n) is 3.76. The van der Waals surface area contributed by atoms with E-state index in [0.29, 0.717) is 5.92 Å². The fraction of sp³-hybridized carbons (Fsp3) is 0.739. The summed E-state index contributed by atoms with van der Waals surface area (Å²) in [6.45, 7) is 14.8. The molecule has 176 valence electrons. The van der Waals surface area contributed by atoms with Crippen molar-refractivity contribution >= 4 is 8.32 Å². The van der Waals surface area contributed by atoms with Gasteiger partial charge in [-0.2, -0.15) is 0 Å². The second kappa shape index (κ2) is 9.41. The number of hydrogen-bond donors (Lipinski definition) is 1. The molecule has 4 nitrogen and oxygen atoms in total. The highest BCUT2D eigenvalue weighted by Gasteiger charge is 2.40. The van der Waals surface area contributed by atoms with Gasteiger partial charge in [0.05, 0.1) is 6.10 Å². The van der Waals surface area contributed by atoms with Crippen molar-refractivity contribution in [3.8, 4) is 5.75 Å². The van der Waals surface area contributed by atoms with Crippen LogP contribution in [0.3, 0.4) is 0 Å². The molecule has 0 radical (unpaired) electrons. The molecule has 31 heavy (non-hydrogen) atoms. The van der Waals surface area contributed by atoms with E-state index in [1.807, 2.05) is 6.07 Å². The molecule has 3 rings (SSSR count). The van der Waals surface area contributed by atoms with Gasteiger partial charge in [0.2, 0.25) is 0 Å². The third kappa shape index (κ3) is 7.48. The highest BCUT2D eigenvalue weighted by molar-refractivity contribution is 6.74. The van der Waals surface area contributed by atoms with E-state index in [1.165, 1.54) is 25.0 Å². The van der Waals surface area contributed by atoms with Crippen molar-refractivity contribution in [3.05, 3.63) is 29.8 Å². The van der Waals surface area contributed by atoms with Crippen LogP contribution >= 0.6 is 0 Å². The topological polar surface area (TPSA) is 33.7 Å². The van der Waals surface area contributed by atoms with Gasteiger partial charge in [-0.05, 0) is 67.6 Å². The number of ether oxygens (including phenoxy) is 1. The van der Waals surface area contributed by atoms with E-state index in [1.54, 1.807) is 6.07 Å². The second-order valence-corrected chi connectivity index (χ2v) is 15.3. The maximum absolute atomic E-state index is 12.7. The zero-order chi connectivity index (χ0) is 22.9. The Morgan fingerprint density at radius 1 is 1.16 bits per heavy atom. The van der Waals surface area contributed by atoms with Crippen LogP contribution in [0.2, 0.25) is 18.1 Å². The van der Waals surface area contributed by atoms with Crippen molar-refractivity contribution in [1.82, 2.24) is 10.2 Å². The molecule has 1 aromatic rings. The predicted molar refractivity (Wildman–Crippen MR) is 120 cm³/mol. The van der Waals surface area contributed by atoms with Gasteiger partial charge in [0, 0.05) is 25.7 Å². The summed E-state index contributed by atoms with van der Waals surface area (Å²) in [5.41, 5.74) is 0.830. The third-order valence-electron chi connectivity index (χ3n) is 6.78. The lowest BCUT2D eigenvalue weighted by atomic mass is 10.1. The number of nitrogens with zero attached hydrogens (tertiary/aromatic N) is 1. The van der Waals surface area contributed by atoms with E-state index in [2.05, 4.69) is 48.8 Å². The second-order valence-electron chi connectivity index (χ2n) is 10.6. The molecule has 1 aliphatic heterocycles. The Balaban J connectivity index is 1.64. The first-order chi connectivity index (χ1) is 14.3. The number of rotatable bonds is 9. The minimum absolute atomic E-state index is 0.0380. The highest BCUT2D eigenvalue weighted by atomic mass is 28.4. The Morgan fingerprint density at radius 2 is 1.87 bits per heavy atom. The minimum atomic E-state index is -4.68. The SMILES string of the molecule is CC(C)(C)[Si](C)(C)O[C@@H]1CCN(C[C@@H](NCC2CC2)c2cccc(OC(F)(F)F)c2)C1. The predicted octanol–water partition coefficient (Wildman–Crippen LogP) is 5.72. The third-order valence-corrected chi connectivity index (χ3v) is 11.3. The summed E-state index contributed by atoms with van der Waals surface area (Å²) >= 11 is 0. The molecule has 0 spiro atoms. The summed E-state index contributed by atoms with van der Waals surface area (Å²) in [7, 11) is -1.82. The van der Waals surface area contributed by atoms with Crippen molar-refractivity contribution in [1.29, 1.82) is 0 Å². The van der Waals surface area contributed by atoms with E-state index in [4.69, 9.17) is 4.43 Å². The standard InChI is InChI=1S/C23H37F3N2O2Si/c1-22(2,3)31(4,5)30-20-11-12-28(15-20)16-21(27-14-17-9-10-17)18-7-6-8-19(13-18)29-23(24,25)26/h6-8,13,17,20-21,27H,9-12,14-16H2,1-5H3/t20-,21-/m1/s1. The summed E-state index contributed by atoms with van der Waals surface area (Å²) in [5.74, 6) is 0.522. The normalized spacial score (nSPS) is 22.0. The molecule has 0 aromatic heterocycles. The number of nitrogens with one attached hydrogen (secondary N) is 1. The van der Waals surface area contributed by atoms with Gasteiger partial charge in [0.1, 0.15) is 5.75 Å². The fourth-order valence-corrected chi connectivity index (χ4v) is 5.14. The molecule has 0 unspecified atom stereocenters. The minimum Gasteiger partial charge on any atom is -0.413 e. The molecule has 8 heteroatoms. The molecule has 1 heterocycles. The number of likely N-dealkylation sites (tertiary alicyclic amines) is 1. The Bertz CT molecular complexity index is 732. The van der Waals surface area contributed by atoms with Crippen molar-refractivity contribution in [2.45, 2.75) is 76.7 Å². The van der Waals surface area contributed by atoms with Crippen LogP contribution in [0.4, 0.5) is 13.2 Å². The van der Waals surface area contributed by atoms with Crippen molar-refractivity contribution in [3.63, 3.8) is 0 Å². The van der Waals surface area contributed by atoms with Crippen LogP contribution in [0.25, 0.3) is 0 Å². The number of alkyl halides is 3. The van der Waals surface area contributed by atoms with Gasteiger partial charge in [-0.3, -0.25) is 4.90 Å². The molecule has 1 aromatic carbocycles. The van der Waals surface area contributed by atoms with Crippen molar-refractivity contribution < 1.29 is 22.3 Å². The van der Waals surface area contributed by atoms with Crippen LogP contribution in [0.1, 0.15) is 51.6 Å². The van der Waals surface area contributed by atoms with Crippen LogP contribution in [-0.2, 0) is 4.43 Å². The lowest BCUT2D eigenvalue weighted by Gasteiger charge is -2.38. The van der Waals surface area contributed by atoms with Crippen LogP contribution < -0.4 is 10.1 Å². The van der Waals surface area contributed by atoms with Gasteiger partial charge >= 0.3 is 6.36 Å². The molecule has 1 aliphatic carbocycles. The van der Waals surface area contributed by atoms with Crippen LogP contribution in [0.5, 0.6) is 5.75 Å². The number of hydrogen-bond acceptors (Lipinski definition) is 4. The average Bonchev–Trinajstić information content (AvgIpc) is 3.35. The van der Waals surface area contributed by atoms with Crippen molar-refractivity contribution in [2.75, 3.05) is 26.2 Å². The molecule has 2 fully saturated rings. The molecule has 1 saturated heterocycles.